The zero-order chi connectivity index (χ0) is 13.9. The average Bonchev–Trinajstić information content (AvgIpc) is 2.89. The van der Waals surface area contributed by atoms with Crippen molar-refractivity contribution in [2.45, 2.75) is 18.0 Å². The Hall–Kier alpha value is -1.35. The number of thiazole rings is 1. The van der Waals surface area contributed by atoms with Crippen LogP contribution in [0, 0.1) is 5.82 Å². The molecule has 102 valence electrons. The van der Waals surface area contributed by atoms with Crippen LogP contribution < -0.4 is 10.5 Å². The third-order valence-corrected chi connectivity index (χ3v) is 4.72. The van der Waals surface area contributed by atoms with Crippen molar-refractivity contribution in [3.8, 4) is 0 Å². The summed E-state index contributed by atoms with van der Waals surface area (Å²) in [4.78, 5) is 4.49. The van der Waals surface area contributed by atoms with Crippen LogP contribution in [-0.2, 0) is 23.1 Å². The summed E-state index contributed by atoms with van der Waals surface area (Å²) in [5.74, 6) is -0.615. The maximum absolute atomic E-state index is 13.2. The van der Waals surface area contributed by atoms with E-state index in [1.54, 1.807) is 11.7 Å². The second-order valence-electron chi connectivity index (χ2n) is 3.75. The topological polar surface area (TPSA) is 85.1 Å². The molecule has 0 aliphatic heterocycles. The first-order chi connectivity index (χ1) is 9.03. The van der Waals surface area contributed by atoms with Crippen LogP contribution >= 0.6 is 11.3 Å². The van der Waals surface area contributed by atoms with Gasteiger partial charge in [0.25, 0.3) is 0 Å². The summed E-state index contributed by atoms with van der Waals surface area (Å²) in [6.07, 6.45) is 1.57. The molecular weight excluding hydrogens is 289 g/mol. The van der Waals surface area contributed by atoms with Gasteiger partial charge < -0.3 is 5.73 Å². The second-order valence-corrected chi connectivity index (χ2v) is 6.45. The van der Waals surface area contributed by atoms with E-state index >= 15 is 0 Å². The molecule has 1 heterocycles. The molecule has 0 bridgehead atoms. The van der Waals surface area contributed by atoms with Crippen molar-refractivity contribution in [3.05, 3.63) is 46.2 Å². The standard InChI is InChI=1S/C11H12FN3O2S2/c12-9-2-1-8(4-13)11(3-9)19(16,17)15-6-10-5-14-7-18-10/h1-3,5,7,15H,4,6,13H2. The number of halogens is 1. The largest absolute Gasteiger partial charge is 0.326 e. The summed E-state index contributed by atoms with van der Waals surface area (Å²) >= 11 is 1.34. The van der Waals surface area contributed by atoms with Crippen LogP contribution in [-0.4, -0.2) is 13.4 Å². The Kier molecular flexibility index (Phi) is 4.25. The minimum absolute atomic E-state index is 0.0249. The highest BCUT2D eigenvalue weighted by Gasteiger charge is 2.18. The van der Waals surface area contributed by atoms with Gasteiger partial charge in [0.15, 0.2) is 0 Å². The van der Waals surface area contributed by atoms with E-state index in [1.165, 1.54) is 23.5 Å². The number of nitrogens with two attached hydrogens (primary N) is 1. The summed E-state index contributed by atoms with van der Waals surface area (Å²) in [5, 5.41) is 0. The van der Waals surface area contributed by atoms with Crippen molar-refractivity contribution in [3.63, 3.8) is 0 Å². The van der Waals surface area contributed by atoms with Gasteiger partial charge >= 0.3 is 0 Å². The lowest BCUT2D eigenvalue weighted by atomic mass is 10.2. The third-order valence-electron chi connectivity index (χ3n) is 2.46. The van der Waals surface area contributed by atoms with Gasteiger partial charge in [0, 0.05) is 24.2 Å². The van der Waals surface area contributed by atoms with Crippen LogP contribution in [0.3, 0.4) is 0 Å². The Balaban J connectivity index is 2.26. The van der Waals surface area contributed by atoms with Gasteiger partial charge in [0.1, 0.15) is 5.82 Å². The Morgan fingerprint density at radius 3 is 2.84 bits per heavy atom. The number of aromatic nitrogens is 1. The van der Waals surface area contributed by atoms with E-state index in [4.69, 9.17) is 5.73 Å². The van der Waals surface area contributed by atoms with E-state index in [0.29, 0.717) is 5.56 Å². The number of hydrogen-bond acceptors (Lipinski definition) is 5. The second kappa shape index (κ2) is 5.74. The Morgan fingerprint density at radius 2 is 2.21 bits per heavy atom. The number of nitrogens with one attached hydrogen (secondary N) is 1. The number of sulfonamides is 1. The van der Waals surface area contributed by atoms with Gasteiger partial charge in [-0.2, -0.15) is 0 Å². The molecule has 1 aromatic carbocycles. The van der Waals surface area contributed by atoms with E-state index < -0.39 is 15.8 Å². The monoisotopic (exact) mass is 301 g/mol. The molecule has 5 nitrogen and oxygen atoms in total. The highest BCUT2D eigenvalue weighted by Crippen LogP contribution is 2.17. The van der Waals surface area contributed by atoms with E-state index in [0.717, 1.165) is 10.9 Å². The first kappa shape index (κ1) is 14.1. The van der Waals surface area contributed by atoms with Crippen LogP contribution in [0.25, 0.3) is 0 Å². The highest BCUT2D eigenvalue weighted by molar-refractivity contribution is 7.89. The lowest BCUT2D eigenvalue weighted by Crippen LogP contribution is -2.24. The van der Waals surface area contributed by atoms with Gasteiger partial charge in [0.2, 0.25) is 10.0 Å². The van der Waals surface area contributed by atoms with Crippen molar-refractivity contribution in [2.24, 2.45) is 5.73 Å². The van der Waals surface area contributed by atoms with Gasteiger partial charge in [-0.15, -0.1) is 11.3 Å². The van der Waals surface area contributed by atoms with Crippen LogP contribution in [0.2, 0.25) is 0 Å². The van der Waals surface area contributed by atoms with Gasteiger partial charge in [-0.1, -0.05) is 6.07 Å². The van der Waals surface area contributed by atoms with Crippen molar-refractivity contribution < 1.29 is 12.8 Å². The van der Waals surface area contributed by atoms with Crippen molar-refractivity contribution in [2.75, 3.05) is 0 Å². The molecule has 0 saturated heterocycles. The number of benzene rings is 1. The Morgan fingerprint density at radius 1 is 1.42 bits per heavy atom. The Labute approximate surface area is 114 Å². The molecule has 1 aromatic heterocycles. The fraction of sp³-hybridized carbons (Fsp3) is 0.182. The number of hydrogen-bond donors (Lipinski definition) is 2. The van der Waals surface area contributed by atoms with Crippen molar-refractivity contribution >= 4 is 21.4 Å². The van der Waals surface area contributed by atoms with Crippen LogP contribution in [0.1, 0.15) is 10.4 Å². The zero-order valence-electron chi connectivity index (χ0n) is 9.84. The Bertz CT molecular complexity index is 657. The normalized spacial score (nSPS) is 11.7. The molecule has 0 unspecified atom stereocenters. The first-order valence-corrected chi connectivity index (χ1v) is 7.75. The molecule has 3 N–H and O–H groups in total. The summed E-state index contributed by atoms with van der Waals surface area (Å²) in [5.41, 5.74) is 7.45. The summed E-state index contributed by atoms with van der Waals surface area (Å²) < 4.78 is 39.8. The SMILES string of the molecule is NCc1ccc(F)cc1S(=O)(=O)NCc1cncs1. The van der Waals surface area contributed by atoms with Gasteiger partial charge in [0.05, 0.1) is 10.4 Å². The van der Waals surface area contributed by atoms with Gasteiger partial charge in [-0.3, -0.25) is 4.98 Å². The molecule has 0 atom stereocenters. The molecule has 0 saturated carbocycles. The summed E-state index contributed by atoms with van der Waals surface area (Å²) in [6, 6.07) is 3.53. The van der Waals surface area contributed by atoms with Gasteiger partial charge in [-0.25, -0.2) is 17.5 Å². The van der Waals surface area contributed by atoms with Crippen molar-refractivity contribution in [1.29, 1.82) is 0 Å². The van der Waals surface area contributed by atoms with Crippen LogP contribution in [0.5, 0.6) is 0 Å². The average molecular weight is 301 g/mol. The highest BCUT2D eigenvalue weighted by atomic mass is 32.2. The smallest absolute Gasteiger partial charge is 0.241 e. The van der Waals surface area contributed by atoms with E-state index in [-0.39, 0.29) is 18.0 Å². The molecule has 0 radical (unpaired) electrons. The molecule has 0 aliphatic rings. The van der Waals surface area contributed by atoms with E-state index in [9.17, 15) is 12.8 Å². The maximum atomic E-state index is 13.2. The van der Waals surface area contributed by atoms with Gasteiger partial charge in [-0.05, 0) is 17.7 Å². The van der Waals surface area contributed by atoms with E-state index in [2.05, 4.69) is 9.71 Å². The predicted molar refractivity (Wildman–Crippen MR) is 70.4 cm³/mol. The minimum Gasteiger partial charge on any atom is -0.326 e. The first-order valence-electron chi connectivity index (χ1n) is 5.38. The molecule has 0 spiro atoms. The van der Waals surface area contributed by atoms with Crippen LogP contribution in [0.4, 0.5) is 4.39 Å². The lowest BCUT2D eigenvalue weighted by molar-refractivity contribution is 0.576. The molecule has 2 rings (SSSR count). The molecular formula is C11H12FN3O2S2. The fourth-order valence-electron chi connectivity index (χ4n) is 1.52. The lowest BCUT2D eigenvalue weighted by Gasteiger charge is -2.09. The third kappa shape index (κ3) is 3.35. The molecule has 2 aromatic rings. The quantitative estimate of drug-likeness (QED) is 0.869. The molecule has 0 aliphatic carbocycles. The fourth-order valence-corrected chi connectivity index (χ4v) is 3.41. The van der Waals surface area contributed by atoms with E-state index in [1.807, 2.05) is 0 Å². The maximum Gasteiger partial charge on any atom is 0.241 e. The molecule has 0 fully saturated rings. The molecule has 0 amide bonds. The number of rotatable bonds is 5. The zero-order valence-corrected chi connectivity index (χ0v) is 11.5. The summed E-state index contributed by atoms with van der Waals surface area (Å²) in [7, 11) is -3.79. The summed E-state index contributed by atoms with van der Waals surface area (Å²) in [6.45, 7) is 0.143. The number of nitrogens with zero attached hydrogens (tertiary/aromatic N) is 1. The van der Waals surface area contributed by atoms with Crippen LogP contribution in [0.15, 0.2) is 34.8 Å². The van der Waals surface area contributed by atoms with Crippen molar-refractivity contribution in [1.82, 2.24) is 9.71 Å². The molecule has 19 heavy (non-hydrogen) atoms. The predicted octanol–water partition coefficient (Wildman–Crippen LogP) is 1.22. The minimum atomic E-state index is -3.79. The molecule has 8 heteroatoms.